The predicted octanol–water partition coefficient (Wildman–Crippen LogP) is 1.47. The zero-order valence-corrected chi connectivity index (χ0v) is 15.0. The van der Waals surface area contributed by atoms with Crippen LogP contribution in [0.25, 0.3) is 0 Å². The second kappa shape index (κ2) is 7.35. The van der Waals surface area contributed by atoms with E-state index in [4.69, 9.17) is 4.74 Å². The Balaban J connectivity index is 1.75. The van der Waals surface area contributed by atoms with Crippen molar-refractivity contribution in [1.82, 2.24) is 10.2 Å². The standard InChI is InChI=1S/C17H21N3O4S/c1-24-13-5-3-4-12(9-13)20-16(22)14-8-11(18-15(21)10-25-2)6-7-19(14)17(20)23/h3-5,9,11,14H,6-8,10H2,1-2H3,(H,18,21). The number of urea groups is 1. The van der Waals surface area contributed by atoms with Crippen molar-refractivity contribution >= 4 is 35.3 Å². The normalized spacial score (nSPS) is 22.8. The molecule has 0 bridgehead atoms. The predicted molar refractivity (Wildman–Crippen MR) is 95.9 cm³/mol. The molecule has 1 aromatic carbocycles. The number of rotatable bonds is 5. The van der Waals surface area contributed by atoms with Gasteiger partial charge in [0, 0.05) is 18.7 Å². The van der Waals surface area contributed by atoms with Gasteiger partial charge >= 0.3 is 6.03 Å². The van der Waals surface area contributed by atoms with Crippen molar-refractivity contribution in [2.45, 2.75) is 24.9 Å². The van der Waals surface area contributed by atoms with Gasteiger partial charge in [-0.3, -0.25) is 9.59 Å². The first-order valence-electron chi connectivity index (χ1n) is 8.12. The summed E-state index contributed by atoms with van der Waals surface area (Å²) in [4.78, 5) is 40.1. The number of nitrogens with zero attached hydrogens (tertiary/aromatic N) is 2. The van der Waals surface area contributed by atoms with Crippen molar-refractivity contribution < 1.29 is 19.1 Å². The van der Waals surface area contributed by atoms with Crippen molar-refractivity contribution in [2.75, 3.05) is 30.6 Å². The first kappa shape index (κ1) is 17.6. The molecule has 7 nitrogen and oxygen atoms in total. The average molecular weight is 363 g/mol. The monoisotopic (exact) mass is 363 g/mol. The lowest BCUT2D eigenvalue weighted by Gasteiger charge is -2.32. The van der Waals surface area contributed by atoms with Crippen LogP contribution in [0.4, 0.5) is 10.5 Å². The molecule has 0 saturated carbocycles. The van der Waals surface area contributed by atoms with Gasteiger partial charge in [0.15, 0.2) is 0 Å². The van der Waals surface area contributed by atoms with Crippen molar-refractivity contribution in [3.05, 3.63) is 24.3 Å². The first-order valence-corrected chi connectivity index (χ1v) is 9.51. The zero-order chi connectivity index (χ0) is 18.0. The summed E-state index contributed by atoms with van der Waals surface area (Å²) in [7, 11) is 1.54. The molecule has 134 valence electrons. The maximum atomic E-state index is 12.8. The van der Waals surface area contributed by atoms with Crippen molar-refractivity contribution in [1.29, 1.82) is 0 Å². The number of carbonyl (C=O) groups is 3. The minimum absolute atomic E-state index is 0.0348. The SMILES string of the molecule is COc1cccc(N2C(=O)C3CC(NC(=O)CSC)CCN3C2=O)c1. The highest BCUT2D eigenvalue weighted by Crippen LogP contribution is 2.32. The fourth-order valence-corrected chi connectivity index (χ4v) is 3.66. The van der Waals surface area contributed by atoms with Gasteiger partial charge in [-0.2, -0.15) is 11.8 Å². The number of nitrogens with one attached hydrogen (secondary N) is 1. The summed E-state index contributed by atoms with van der Waals surface area (Å²) >= 11 is 1.46. The highest BCUT2D eigenvalue weighted by molar-refractivity contribution is 7.99. The van der Waals surface area contributed by atoms with E-state index in [0.29, 0.717) is 36.6 Å². The van der Waals surface area contributed by atoms with Gasteiger partial charge < -0.3 is 15.0 Å². The van der Waals surface area contributed by atoms with Crippen LogP contribution >= 0.6 is 11.8 Å². The number of hydrogen-bond donors (Lipinski definition) is 1. The quantitative estimate of drug-likeness (QED) is 0.802. The Bertz CT molecular complexity index is 696. The highest BCUT2D eigenvalue weighted by Gasteiger charge is 2.48. The van der Waals surface area contributed by atoms with E-state index in [1.807, 2.05) is 6.26 Å². The number of thioether (sulfide) groups is 1. The van der Waals surface area contributed by atoms with E-state index in [9.17, 15) is 14.4 Å². The summed E-state index contributed by atoms with van der Waals surface area (Å²) in [6, 6.07) is 5.99. The molecule has 2 atom stereocenters. The number of hydrogen-bond acceptors (Lipinski definition) is 5. The maximum Gasteiger partial charge on any atom is 0.332 e. The summed E-state index contributed by atoms with van der Waals surface area (Å²) in [5.41, 5.74) is 0.506. The van der Waals surface area contributed by atoms with Crippen LogP contribution in [-0.2, 0) is 9.59 Å². The fourth-order valence-electron chi connectivity index (χ4n) is 3.32. The molecular weight excluding hydrogens is 342 g/mol. The molecule has 1 N–H and O–H groups in total. The Kier molecular flexibility index (Phi) is 5.17. The lowest BCUT2D eigenvalue weighted by molar-refractivity contribution is -0.123. The molecule has 0 spiro atoms. The Hall–Kier alpha value is -2.22. The number of piperidine rings is 1. The molecule has 2 heterocycles. The Morgan fingerprint density at radius 2 is 2.20 bits per heavy atom. The van der Waals surface area contributed by atoms with Crippen LogP contribution in [0.5, 0.6) is 5.75 Å². The average Bonchev–Trinajstić information content (AvgIpc) is 2.86. The fraction of sp³-hybridized carbons (Fsp3) is 0.471. The lowest BCUT2D eigenvalue weighted by Crippen LogP contribution is -2.50. The zero-order valence-electron chi connectivity index (χ0n) is 14.2. The summed E-state index contributed by atoms with van der Waals surface area (Å²) in [5, 5.41) is 2.95. The number of benzene rings is 1. The van der Waals surface area contributed by atoms with E-state index in [1.165, 1.54) is 23.8 Å². The third-order valence-corrected chi connectivity index (χ3v) is 5.05. The van der Waals surface area contributed by atoms with E-state index in [-0.39, 0.29) is 23.9 Å². The van der Waals surface area contributed by atoms with Gasteiger partial charge in [0.25, 0.3) is 5.91 Å². The Labute approximate surface area is 150 Å². The summed E-state index contributed by atoms with van der Waals surface area (Å²) in [6.07, 6.45) is 2.97. The van der Waals surface area contributed by atoms with Gasteiger partial charge in [-0.1, -0.05) is 6.07 Å². The summed E-state index contributed by atoms with van der Waals surface area (Å²) in [5.74, 6) is 0.702. The van der Waals surface area contributed by atoms with E-state index in [1.54, 1.807) is 29.2 Å². The Morgan fingerprint density at radius 3 is 2.92 bits per heavy atom. The van der Waals surface area contributed by atoms with Crippen molar-refractivity contribution in [2.24, 2.45) is 0 Å². The first-order chi connectivity index (χ1) is 12.0. The molecule has 1 aromatic rings. The number of anilines is 1. The molecule has 2 aliphatic heterocycles. The molecule has 25 heavy (non-hydrogen) atoms. The van der Waals surface area contributed by atoms with E-state index in [2.05, 4.69) is 5.32 Å². The molecule has 0 aliphatic carbocycles. The third-order valence-electron chi connectivity index (χ3n) is 4.50. The van der Waals surface area contributed by atoms with E-state index >= 15 is 0 Å². The van der Waals surface area contributed by atoms with E-state index in [0.717, 1.165) is 0 Å². The van der Waals surface area contributed by atoms with Gasteiger partial charge in [0.05, 0.1) is 18.6 Å². The smallest absolute Gasteiger partial charge is 0.332 e. The number of ether oxygens (including phenoxy) is 1. The van der Waals surface area contributed by atoms with Gasteiger partial charge in [0.2, 0.25) is 5.91 Å². The lowest BCUT2D eigenvalue weighted by atomic mass is 9.98. The topological polar surface area (TPSA) is 79.0 Å². The number of methoxy groups -OCH3 is 1. The summed E-state index contributed by atoms with van der Waals surface area (Å²) < 4.78 is 5.18. The second-order valence-electron chi connectivity index (χ2n) is 6.09. The van der Waals surface area contributed by atoms with Crippen LogP contribution in [0, 0.1) is 0 Å². The van der Waals surface area contributed by atoms with Crippen LogP contribution < -0.4 is 15.0 Å². The molecule has 3 rings (SSSR count). The minimum atomic E-state index is -0.521. The largest absolute Gasteiger partial charge is 0.497 e. The minimum Gasteiger partial charge on any atom is -0.497 e. The van der Waals surface area contributed by atoms with Gasteiger partial charge in [0.1, 0.15) is 11.8 Å². The van der Waals surface area contributed by atoms with Gasteiger partial charge in [-0.25, -0.2) is 9.69 Å². The molecule has 2 saturated heterocycles. The molecule has 2 fully saturated rings. The highest BCUT2D eigenvalue weighted by atomic mass is 32.2. The van der Waals surface area contributed by atoms with Crippen LogP contribution in [-0.4, -0.2) is 60.5 Å². The van der Waals surface area contributed by atoms with Gasteiger partial charge in [-0.05, 0) is 31.2 Å². The molecule has 8 heteroatoms. The van der Waals surface area contributed by atoms with Crippen LogP contribution in [0.2, 0.25) is 0 Å². The molecule has 2 unspecified atom stereocenters. The van der Waals surface area contributed by atoms with Crippen LogP contribution in [0.3, 0.4) is 0 Å². The number of carbonyl (C=O) groups excluding carboxylic acids is 3. The molecule has 2 aliphatic rings. The molecular formula is C17H21N3O4S. The van der Waals surface area contributed by atoms with Gasteiger partial charge in [-0.15, -0.1) is 0 Å². The summed E-state index contributed by atoms with van der Waals surface area (Å²) in [6.45, 7) is 0.458. The molecule has 4 amide bonds. The number of amides is 4. The van der Waals surface area contributed by atoms with Crippen LogP contribution in [0.15, 0.2) is 24.3 Å². The van der Waals surface area contributed by atoms with Crippen molar-refractivity contribution in [3.8, 4) is 5.75 Å². The van der Waals surface area contributed by atoms with Crippen molar-refractivity contribution in [3.63, 3.8) is 0 Å². The molecule has 0 aromatic heterocycles. The second-order valence-corrected chi connectivity index (χ2v) is 6.95. The van der Waals surface area contributed by atoms with Crippen LogP contribution in [0.1, 0.15) is 12.8 Å². The third kappa shape index (κ3) is 3.44. The number of imide groups is 1. The van der Waals surface area contributed by atoms with E-state index < -0.39 is 6.04 Å². The maximum absolute atomic E-state index is 12.8. The molecule has 0 radical (unpaired) electrons. The number of fused-ring (bicyclic) bond motifs is 1. The Morgan fingerprint density at radius 1 is 1.40 bits per heavy atom.